The Kier molecular flexibility index (Phi) is 3.45. The lowest BCUT2D eigenvalue weighted by Crippen LogP contribution is -2.43. The largest absolute Gasteiger partial charge is 0.328 e. The Morgan fingerprint density at radius 3 is 2.47 bits per heavy atom. The van der Waals surface area contributed by atoms with Gasteiger partial charge in [0.1, 0.15) is 11.6 Å². The van der Waals surface area contributed by atoms with E-state index in [0.29, 0.717) is 11.5 Å². The van der Waals surface area contributed by atoms with Gasteiger partial charge >= 0.3 is 0 Å². The quantitative estimate of drug-likeness (QED) is 0.878. The van der Waals surface area contributed by atoms with Crippen molar-refractivity contribution < 1.29 is 8.78 Å². The lowest BCUT2D eigenvalue weighted by atomic mass is 9.73. The monoisotopic (exact) mass is 240 g/mol. The molecule has 0 heterocycles. The van der Waals surface area contributed by atoms with E-state index in [2.05, 4.69) is 0 Å². The third kappa shape index (κ3) is 2.48. The Balaban J connectivity index is 2.29. The first-order chi connectivity index (χ1) is 7.99. The first-order valence-electron chi connectivity index (χ1n) is 5.86. The van der Waals surface area contributed by atoms with E-state index < -0.39 is 5.82 Å². The summed E-state index contributed by atoms with van der Waals surface area (Å²) >= 11 is 0. The van der Waals surface area contributed by atoms with Gasteiger partial charge in [0.05, 0.1) is 0 Å². The van der Waals surface area contributed by atoms with Gasteiger partial charge in [0.15, 0.2) is 0 Å². The Morgan fingerprint density at radius 2 is 1.94 bits per heavy atom. The third-order valence-electron chi connectivity index (χ3n) is 3.49. The maximum atomic E-state index is 13.8. The fraction of sp³-hybridized carbons (Fsp3) is 0.538. The third-order valence-corrected chi connectivity index (χ3v) is 3.49. The molecule has 2 rings (SSSR count). The highest BCUT2D eigenvalue weighted by Crippen LogP contribution is 2.40. The van der Waals surface area contributed by atoms with Gasteiger partial charge in [-0.1, -0.05) is 0 Å². The molecule has 1 aromatic rings. The maximum absolute atomic E-state index is 13.8. The fourth-order valence-electron chi connectivity index (χ4n) is 2.66. The van der Waals surface area contributed by atoms with E-state index in [9.17, 15) is 8.78 Å². The van der Waals surface area contributed by atoms with Crippen LogP contribution >= 0.6 is 0 Å². The average molecular weight is 240 g/mol. The topological polar surface area (TPSA) is 29.3 Å². The summed E-state index contributed by atoms with van der Waals surface area (Å²) in [7, 11) is 3.78. The van der Waals surface area contributed by atoms with Crippen molar-refractivity contribution in [3.8, 4) is 0 Å². The summed E-state index contributed by atoms with van der Waals surface area (Å²) in [4.78, 5) is 1.94. The molecule has 0 radical (unpaired) electrons. The van der Waals surface area contributed by atoms with E-state index >= 15 is 0 Å². The van der Waals surface area contributed by atoms with Crippen molar-refractivity contribution >= 4 is 0 Å². The molecule has 1 aromatic carbocycles. The molecular weight excluding hydrogens is 222 g/mol. The molecule has 1 atom stereocenters. The Hall–Kier alpha value is -1.00. The van der Waals surface area contributed by atoms with E-state index in [4.69, 9.17) is 5.73 Å². The average Bonchev–Trinajstić information content (AvgIpc) is 2.20. The number of nitrogens with two attached hydrogens (primary N) is 1. The van der Waals surface area contributed by atoms with Crippen LogP contribution in [-0.2, 0) is 0 Å². The molecule has 94 valence electrons. The van der Waals surface area contributed by atoms with Crippen LogP contribution in [0.1, 0.15) is 24.4 Å². The summed E-state index contributed by atoms with van der Waals surface area (Å²) in [5, 5.41) is 0. The van der Waals surface area contributed by atoms with Crippen molar-refractivity contribution in [2.75, 3.05) is 14.1 Å². The second kappa shape index (κ2) is 4.70. The molecule has 17 heavy (non-hydrogen) atoms. The molecule has 1 aliphatic rings. The summed E-state index contributed by atoms with van der Waals surface area (Å²) in [5.41, 5.74) is 6.20. The Bertz CT molecular complexity index is 400. The predicted molar refractivity (Wildman–Crippen MR) is 63.5 cm³/mol. The minimum atomic E-state index is -0.392. The van der Waals surface area contributed by atoms with Crippen molar-refractivity contribution in [3.63, 3.8) is 0 Å². The van der Waals surface area contributed by atoms with Gasteiger partial charge < -0.3 is 10.6 Å². The van der Waals surface area contributed by atoms with Crippen LogP contribution in [0.5, 0.6) is 0 Å². The van der Waals surface area contributed by atoms with Crippen LogP contribution in [0.3, 0.4) is 0 Å². The highest BCUT2D eigenvalue weighted by Gasteiger charge is 2.36. The smallest absolute Gasteiger partial charge is 0.128 e. The minimum absolute atomic E-state index is 0.0921. The molecule has 1 saturated carbocycles. The van der Waals surface area contributed by atoms with Crippen LogP contribution in [0.4, 0.5) is 8.78 Å². The standard InChI is InChI=1S/C13H18F2N2/c1-17(2)13(8-5-10(16)6-8)11-7-9(14)3-4-12(11)15/h3-4,7-8,10,13H,5-6,16H2,1-2H3. The molecule has 0 spiro atoms. The SMILES string of the molecule is CN(C)C(c1cc(F)ccc1F)C1CC(N)C1. The van der Waals surface area contributed by atoms with Gasteiger partial charge in [-0.2, -0.15) is 0 Å². The van der Waals surface area contributed by atoms with Crippen molar-refractivity contribution in [3.05, 3.63) is 35.4 Å². The van der Waals surface area contributed by atoms with Crippen molar-refractivity contribution in [2.45, 2.75) is 24.9 Å². The van der Waals surface area contributed by atoms with Crippen LogP contribution < -0.4 is 5.73 Å². The summed E-state index contributed by atoms with van der Waals surface area (Å²) in [6, 6.07) is 3.76. The normalized spacial score (nSPS) is 25.8. The van der Waals surface area contributed by atoms with Crippen molar-refractivity contribution in [2.24, 2.45) is 11.7 Å². The zero-order valence-electron chi connectivity index (χ0n) is 10.2. The number of rotatable bonds is 3. The summed E-state index contributed by atoms with van der Waals surface area (Å²) in [6.45, 7) is 0. The summed E-state index contributed by atoms with van der Waals surface area (Å²) < 4.78 is 27.0. The Labute approximate surface area is 100 Å². The highest BCUT2D eigenvalue weighted by molar-refractivity contribution is 5.24. The molecule has 1 aliphatic carbocycles. The molecule has 0 aromatic heterocycles. The minimum Gasteiger partial charge on any atom is -0.328 e. The number of hydrogen-bond acceptors (Lipinski definition) is 2. The molecule has 0 amide bonds. The molecule has 1 fully saturated rings. The van der Waals surface area contributed by atoms with Gasteiger partial charge in [0.2, 0.25) is 0 Å². The molecular formula is C13H18F2N2. The lowest BCUT2D eigenvalue weighted by molar-refractivity contribution is 0.120. The van der Waals surface area contributed by atoms with Gasteiger partial charge in [-0.3, -0.25) is 0 Å². The highest BCUT2D eigenvalue weighted by atomic mass is 19.1. The summed E-state index contributed by atoms with van der Waals surface area (Å²) in [5.74, 6) is -0.418. The van der Waals surface area contributed by atoms with E-state index in [-0.39, 0.29) is 17.9 Å². The maximum Gasteiger partial charge on any atom is 0.128 e. The number of benzene rings is 1. The predicted octanol–water partition coefficient (Wildman–Crippen LogP) is 2.30. The van der Waals surface area contributed by atoms with Crippen molar-refractivity contribution in [1.29, 1.82) is 0 Å². The van der Waals surface area contributed by atoms with Crippen LogP contribution in [0.25, 0.3) is 0 Å². The van der Waals surface area contributed by atoms with Gasteiger partial charge in [-0.05, 0) is 51.1 Å². The lowest BCUT2D eigenvalue weighted by Gasteiger charge is -2.41. The molecule has 1 unspecified atom stereocenters. The van der Waals surface area contributed by atoms with Gasteiger partial charge in [0.25, 0.3) is 0 Å². The van der Waals surface area contributed by atoms with Gasteiger partial charge in [0, 0.05) is 17.6 Å². The number of hydrogen-bond donors (Lipinski definition) is 1. The van der Waals surface area contributed by atoms with Crippen LogP contribution in [0, 0.1) is 17.6 Å². The molecule has 0 bridgehead atoms. The van der Waals surface area contributed by atoms with E-state index in [1.807, 2.05) is 19.0 Å². The second-order valence-corrected chi connectivity index (χ2v) is 5.07. The zero-order chi connectivity index (χ0) is 12.6. The molecule has 0 saturated heterocycles. The number of nitrogens with zero attached hydrogens (tertiary/aromatic N) is 1. The van der Waals surface area contributed by atoms with Crippen LogP contribution in [0.15, 0.2) is 18.2 Å². The molecule has 2 nitrogen and oxygen atoms in total. The molecule has 0 aliphatic heterocycles. The van der Waals surface area contributed by atoms with Crippen LogP contribution in [0.2, 0.25) is 0 Å². The van der Waals surface area contributed by atoms with E-state index in [1.54, 1.807) is 0 Å². The van der Waals surface area contributed by atoms with Gasteiger partial charge in [-0.15, -0.1) is 0 Å². The molecule has 4 heteroatoms. The van der Waals surface area contributed by atoms with Crippen LogP contribution in [-0.4, -0.2) is 25.0 Å². The Morgan fingerprint density at radius 1 is 1.29 bits per heavy atom. The van der Waals surface area contributed by atoms with E-state index in [0.717, 1.165) is 18.9 Å². The second-order valence-electron chi connectivity index (χ2n) is 5.07. The van der Waals surface area contributed by atoms with Crippen molar-refractivity contribution in [1.82, 2.24) is 4.90 Å². The van der Waals surface area contributed by atoms with Gasteiger partial charge in [-0.25, -0.2) is 8.78 Å². The summed E-state index contributed by atoms with van der Waals surface area (Å²) in [6.07, 6.45) is 1.75. The fourth-order valence-corrected chi connectivity index (χ4v) is 2.66. The molecule has 2 N–H and O–H groups in total. The zero-order valence-corrected chi connectivity index (χ0v) is 10.2. The van der Waals surface area contributed by atoms with E-state index in [1.165, 1.54) is 12.1 Å². The first-order valence-corrected chi connectivity index (χ1v) is 5.86. The number of halogens is 2. The first kappa shape index (κ1) is 12.5.